The predicted octanol–water partition coefficient (Wildman–Crippen LogP) is 3.18. The minimum absolute atomic E-state index is 0.307. The second-order valence-electron chi connectivity index (χ2n) is 6.69. The molecule has 0 aliphatic carbocycles. The third-order valence-electron chi connectivity index (χ3n) is 4.84. The molecule has 0 saturated carbocycles. The van der Waals surface area contributed by atoms with Gasteiger partial charge in [0.25, 0.3) is 0 Å². The van der Waals surface area contributed by atoms with Gasteiger partial charge in [-0.1, -0.05) is 60.2 Å². The number of aryl methyl sites for hydroxylation is 1. The number of nitrogens with one attached hydrogen (secondary N) is 1. The normalized spacial score (nSPS) is 15.8. The van der Waals surface area contributed by atoms with E-state index >= 15 is 0 Å². The lowest BCUT2D eigenvalue weighted by Gasteiger charge is -2.27. The van der Waals surface area contributed by atoms with Crippen LogP contribution in [0.2, 0.25) is 0 Å². The highest BCUT2D eigenvalue weighted by atomic mass is 15.4. The molecule has 0 fully saturated rings. The lowest BCUT2D eigenvalue weighted by atomic mass is 9.97. The Bertz CT molecular complexity index is 1050. The average molecular weight is 356 g/mol. The van der Waals surface area contributed by atoms with Gasteiger partial charge in [0.2, 0.25) is 0 Å². The molecular formula is C21H20N6. The van der Waals surface area contributed by atoms with E-state index in [0.29, 0.717) is 23.6 Å². The second-order valence-corrected chi connectivity index (χ2v) is 6.69. The largest absolute Gasteiger partial charge is 0.383 e. The number of benzene rings is 2. The summed E-state index contributed by atoms with van der Waals surface area (Å²) >= 11 is 0. The summed E-state index contributed by atoms with van der Waals surface area (Å²) in [5, 5.41) is 17.5. The van der Waals surface area contributed by atoms with Gasteiger partial charge < -0.3 is 16.8 Å². The summed E-state index contributed by atoms with van der Waals surface area (Å²) in [5.74, 6) is 1.45. The molecule has 134 valence electrons. The van der Waals surface area contributed by atoms with E-state index in [0.717, 1.165) is 22.5 Å². The van der Waals surface area contributed by atoms with Gasteiger partial charge >= 0.3 is 0 Å². The maximum atomic E-state index is 9.66. The van der Waals surface area contributed by atoms with Crippen LogP contribution in [0.1, 0.15) is 28.3 Å². The molecule has 2 aromatic carbocycles. The molecule has 27 heavy (non-hydrogen) atoms. The van der Waals surface area contributed by atoms with E-state index in [1.54, 1.807) is 0 Å². The summed E-state index contributed by atoms with van der Waals surface area (Å²) in [4.78, 5) is 0. The van der Waals surface area contributed by atoms with Crippen LogP contribution >= 0.6 is 0 Å². The van der Waals surface area contributed by atoms with E-state index in [1.165, 1.54) is 10.2 Å². The number of hydrogen-bond donors (Lipinski definition) is 3. The number of nitrogen functional groups attached to an aromatic ring is 1. The average Bonchev–Trinajstić information content (AvgIpc) is 3.00. The van der Waals surface area contributed by atoms with Crippen molar-refractivity contribution < 1.29 is 0 Å². The van der Waals surface area contributed by atoms with Gasteiger partial charge in [-0.25, -0.2) is 0 Å². The van der Waals surface area contributed by atoms with Gasteiger partial charge in [0.1, 0.15) is 17.7 Å². The zero-order valence-electron chi connectivity index (χ0n) is 15.0. The summed E-state index contributed by atoms with van der Waals surface area (Å²) < 4.78 is 1.54. The number of rotatable bonds is 3. The summed E-state index contributed by atoms with van der Waals surface area (Å²) in [6.45, 7) is 2.06. The molecule has 3 aromatic rings. The van der Waals surface area contributed by atoms with Crippen LogP contribution in [0, 0.1) is 18.3 Å². The molecule has 1 aliphatic heterocycles. The van der Waals surface area contributed by atoms with Crippen LogP contribution in [0.5, 0.6) is 0 Å². The summed E-state index contributed by atoms with van der Waals surface area (Å²) in [7, 11) is 0. The van der Waals surface area contributed by atoms with Crippen molar-refractivity contribution in [3.05, 3.63) is 82.4 Å². The molecule has 1 aromatic heterocycles. The summed E-state index contributed by atoms with van der Waals surface area (Å²) in [6, 6.07) is 19.9. The summed E-state index contributed by atoms with van der Waals surface area (Å²) in [5.41, 5.74) is 17.1. The van der Waals surface area contributed by atoms with E-state index in [4.69, 9.17) is 11.5 Å². The van der Waals surface area contributed by atoms with Crippen molar-refractivity contribution in [3.8, 4) is 6.07 Å². The standard InChI is InChI=1S/C21H20N6/c1-13-7-9-14(10-8-13)11-16-19(23)26-27-20(24)17(12-22)18(25-21(16)27)15-5-3-2-4-6-15/h2-10,18,25H,11,24H2,1H3,(H2,23,26)/t18-/m0/s1. The summed E-state index contributed by atoms with van der Waals surface area (Å²) in [6.07, 6.45) is 0.630. The highest BCUT2D eigenvalue weighted by molar-refractivity contribution is 5.73. The second kappa shape index (κ2) is 6.54. The molecule has 6 heteroatoms. The lowest BCUT2D eigenvalue weighted by molar-refractivity contribution is 0.799. The zero-order valence-corrected chi connectivity index (χ0v) is 15.0. The van der Waals surface area contributed by atoms with E-state index in [9.17, 15) is 5.26 Å². The van der Waals surface area contributed by atoms with Gasteiger partial charge in [-0.2, -0.15) is 9.94 Å². The first-order valence-electron chi connectivity index (χ1n) is 8.73. The predicted molar refractivity (Wildman–Crippen MR) is 106 cm³/mol. The fraction of sp³-hybridized carbons (Fsp3) is 0.143. The molecule has 1 atom stereocenters. The highest BCUT2D eigenvalue weighted by Gasteiger charge is 2.31. The third kappa shape index (κ3) is 2.89. The Morgan fingerprint density at radius 1 is 1.11 bits per heavy atom. The lowest BCUT2D eigenvalue weighted by Crippen LogP contribution is -2.27. The van der Waals surface area contributed by atoms with E-state index in [2.05, 4.69) is 47.7 Å². The molecule has 0 unspecified atom stereocenters. The zero-order chi connectivity index (χ0) is 19.0. The molecule has 0 radical (unpaired) electrons. The van der Waals surface area contributed by atoms with Crippen molar-refractivity contribution in [2.45, 2.75) is 19.4 Å². The number of hydrogen-bond acceptors (Lipinski definition) is 5. The number of fused-ring (bicyclic) bond motifs is 1. The Balaban J connectivity index is 1.79. The maximum absolute atomic E-state index is 9.66. The van der Waals surface area contributed by atoms with Crippen LogP contribution in [0.4, 0.5) is 11.6 Å². The smallest absolute Gasteiger partial charge is 0.151 e. The van der Waals surface area contributed by atoms with Gasteiger partial charge in [0.15, 0.2) is 5.82 Å². The van der Waals surface area contributed by atoms with Crippen LogP contribution in [0.15, 0.2) is 60.2 Å². The van der Waals surface area contributed by atoms with Gasteiger partial charge in [0, 0.05) is 12.0 Å². The Morgan fingerprint density at radius 3 is 2.48 bits per heavy atom. The van der Waals surface area contributed by atoms with Crippen LogP contribution in [0.25, 0.3) is 5.82 Å². The van der Waals surface area contributed by atoms with E-state index < -0.39 is 0 Å². The molecule has 6 nitrogen and oxygen atoms in total. The number of aromatic nitrogens is 2. The number of anilines is 2. The number of nitrogens with two attached hydrogens (primary N) is 2. The molecule has 0 amide bonds. The Kier molecular flexibility index (Phi) is 4.05. The molecular weight excluding hydrogens is 336 g/mol. The molecule has 0 bridgehead atoms. The van der Waals surface area contributed by atoms with Crippen molar-refractivity contribution in [2.75, 3.05) is 11.1 Å². The van der Waals surface area contributed by atoms with Crippen LogP contribution in [0.3, 0.4) is 0 Å². The van der Waals surface area contributed by atoms with Crippen molar-refractivity contribution in [2.24, 2.45) is 5.73 Å². The number of nitriles is 1. The van der Waals surface area contributed by atoms with Crippen molar-refractivity contribution >= 4 is 17.5 Å². The van der Waals surface area contributed by atoms with Crippen molar-refractivity contribution in [1.29, 1.82) is 5.26 Å². The van der Waals surface area contributed by atoms with Crippen molar-refractivity contribution in [3.63, 3.8) is 0 Å². The van der Waals surface area contributed by atoms with Crippen LogP contribution in [-0.4, -0.2) is 9.78 Å². The van der Waals surface area contributed by atoms with E-state index in [-0.39, 0.29) is 6.04 Å². The maximum Gasteiger partial charge on any atom is 0.151 e. The molecule has 2 heterocycles. The van der Waals surface area contributed by atoms with Gasteiger partial charge in [-0.05, 0) is 18.1 Å². The quantitative estimate of drug-likeness (QED) is 0.668. The molecule has 0 saturated heterocycles. The van der Waals surface area contributed by atoms with Crippen molar-refractivity contribution in [1.82, 2.24) is 9.78 Å². The fourth-order valence-corrected chi connectivity index (χ4v) is 3.36. The first kappa shape index (κ1) is 16.7. The minimum atomic E-state index is -0.337. The molecule has 4 rings (SSSR count). The molecule has 1 aliphatic rings. The minimum Gasteiger partial charge on any atom is -0.383 e. The first-order valence-corrected chi connectivity index (χ1v) is 8.73. The van der Waals surface area contributed by atoms with Crippen LogP contribution in [-0.2, 0) is 6.42 Å². The van der Waals surface area contributed by atoms with Gasteiger partial charge in [-0.15, -0.1) is 5.10 Å². The first-order chi connectivity index (χ1) is 13.1. The van der Waals surface area contributed by atoms with Crippen LogP contribution < -0.4 is 16.8 Å². The third-order valence-corrected chi connectivity index (χ3v) is 4.84. The Labute approximate surface area is 157 Å². The van der Waals surface area contributed by atoms with E-state index in [1.807, 2.05) is 30.3 Å². The fourth-order valence-electron chi connectivity index (χ4n) is 3.36. The monoisotopic (exact) mass is 356 g/mol. The Hall–Kier alpha value is -3.72. The SMILES string of the molecule is Cc1ccc(Cc2c(N)nn3c2N[C@@H](c2ccccc2)C(C#N)=C3N)cc1. The molecule has 0 spiro atoms. The molecule has 5 N–H and O–H groups in total. The number of nitrogens with zero attached hydrogens (tertiary/aromatic N) is 3. The highest BCUT2D eigenvalue weighted by Crippen LogP contribution is 2.38. The topological polar surface area (TPSA) is 106 Å². The van der Waals surface area contributed by atoms with Gasteiger partial charge in [0.05, 0.1) is 11.6 Å². The van der Waals surface area contributed by atoms with Gasteiger partial charge in [-0.3, -0.25) is 0 Å². The Morgan fingerprint density at radius 2 is 1.81 bits per heavy atom.